The SMILES string of the molecule is N#CCNC(=O)c1cc(F)cc(Br)c1. The molecule has 14 heavy (non-hydrogen) atoms. The molecule has 0 spiro atoms. The maximum Gasteiger partial charge on any atom is 0.252 e. The molecule has 1 rings (SSSR count). The second kappa shape index (κ2) is 4.72. The highest BCUT2D eigenvalue weighted by Crippen LogP contribution is 2.14. The van der Waals surface area contributed by atoms with E-state index in [4.69, 9.17) is 5.26 Å². The first kappa shape index (κ1) is 10.7. The van der Waals surface area contributed by atoms with E-state index >= 15 is 0 Å². The third-order valence-corrected chi connectivity index (χ3v) is 1.91. The third kappa shape index (κ3) is 2.82. The zero-order valence-electron chi connectivity index (χ0n) is 7.05. The number of hydrogen-bond donors (Lipinski definition) is 1. The minimum atomic E-state index is -0.499. The van der Waals surface area contributed by atoms with E-state index in [0.717, 1.165) is 6.07 Å². The summed E-state index contributed by atoms with van der Waals surface area (Å²) in [5, 5.41) is 10.5. The Morgan fingerprint density at radius 3 is 2.86 bits per heavy atom. The lowest BCUT2D eigenvalue weighted by Gasteiger charge is -2.01. The molecule has 1 N–H and O–H groups in total. The fourth-order valence-electron chi connectivity index (χ4n) is 0.907. The molecule has 0 aliphatic carbocycles. The molecule has 0 aliphatic heterocycles. The summed E-state index contributed by atoms with van der Waals surface area (Å²) in [6.45, 7) is -0.0903. The van der Waals surface area contributed by atoms with E-state index in [1.54, 1.807) is 6.07 Å². The number of benzene rings is 1. The van der Waals surface area contributed by atoms with Gasteiger partial charge in [-0.3, -0.25) is 4.79 Å². The molecule has 1 amide bonds. The van der Waals surface area contributed by atoms with Crippen LogP contribution in [-0.4, -0.2) is 12.5 Å². The zero-order valence-corrected chi connectivity index (χ0v) is 8.64. The van der Waals surface area contributed by atoms with Crippen LogP contribution in [0.5, 0.6) is 0 Å². The Hall–Kier alpha value is -1.41. The number of nitrogens with one attached hydrogen (secondary N) is 1. The van der Waals surface area contributed by atoms with Gasteiger partial charge in [-0.25, -0.2) is 4.39 Å². The fraction of sp³-hybridized carbons (Fsp3) is 0.111. The van der Waals surface area contributed by atoms with Gasteiger partial charge in [0.05, 0.1) is 6.07 Å². The van der Waals surface area contributed by atoms with Gasteiger partial charge in [0.1, 0.15) is 12.4 Å². The average molecular weight is 257 g/mol. The van der Waals surface area contributed by atoms with Crippen molar-refractivity contribution in [2.75, 3.05) is 6.54 Å². The van der Waals surface area contributed by atoms with E-state index in [0.29, 0.717) is 4.47 Å². The zero-order chi connectivity index (χ0) is 10.6. The minimum Gasteiger partial charge on any atom is -0.339 e. The number of hydrogen-bond acceptors (Lipinski definition) is 2. The highest BCUT2D eigenvalue weighted by atomic mass is 79.9. The summed E-state index contributed by atoms with van der Waals surface area (Å²) in [6.07, 6.45) is 0. The topological polar surface area (TPSA) is 52.9 Å². The number of nitrogens with zero attached hydrogens (tertiary/aromatic N) is 1. The van der Waals surface area contributed by atoms with Crippen LogP contribution in [0.3, 0.4) is 0 Å². The van der Waals surface area contributed by atoms with Gasteiger partial charge in [-0.1, -0.05) is 15.9 Å². The average Bonchev–Trinajstić information content (AvgIpc) is 2.12. The monoisotopic (exact) mass is 256 g/mol. The van der Waals surface area contributed by atoms with Gasteiger partial charge in [-0.15, -0.1) is 0 Å². The summed E-state index contributed by atoms with van der Waals surface area (Å²) in [5.74, 6) is -0.965. The van der Waals surface area contributed by atoms with Crippen LogP contribution in [0.4, 0.5) is 4.39 Å². The molecular weight excluding hydrogens is 251 g/mol. The Labute approximate surface area is 88.7 Å². The quantitative estimate of drug-likeness (QED) is 0.822. The van der Waals surface area contributed by atoms with Crippen LogP contribution in [-0.2, 0) is 0 Å². The summed E-state index contributed by atoms with van der Waals surface area (Å²) < 4.78 is 13.3. The van der Waals surface area contributed by atoms with Crippen molar-refractivity contribution in [3.8, 4) is 6.07 Å². The lowest BCUT2D eigenvalue weighted by atomic mass is 10.2. The van der Waals surface area contributed by atoms with Crippen molar-refractivity contribution in [3.05, 3.63) is 34.1 Å². The Kier molecular flexibility index (Phi) is 3.60. The molecule has 0 aliphatic rings. The molecule has 5 heteroatoms. The van der Waals surface area contributed by atoms with E-state index in [-0.39, 0.29) is 12.1 Å². The number of nitriles is 1. The van der Waals surface area contributed by atoms with Crippen molar-refractivity contribution in [2.45, 2.75) is 0 Å². The minimum absolute atomic E-state index is 0.0903. The standard InChI is InChI=1S/C9H6BrFN2O/c10-7-3-6(4-8(11)5-7)9(14)13-2-1-12/h3-5H,2H2,(H,13,14). The van der Waals surface area contributed by atoms with Gasteiger partial charge in [-0.05, 0) is 18.2 Å². The first-order valence-corrected chi connectivity index (χ1v) is 4.54. The molecule has 0 bridgehead atoms. The number of carbonyl (C=O) groups excluding carboxylic acids is 1. The smallest absolute Gasteiger partial charge is 0.252 e. The molecule has 72 valence electrons. The van der Waals surface area contributed by atoms with E-state index in [2.05, 4.69) is 21.2 Å². The van der Waals surface area contributed by atoms with E-state index in [1.165, 1.54) is 12.1 Å². The normalized spacial score (nSPS) is 9.21. The molecule has 1 aromatic rings. The van der Waals surface area contributed by atoms with Crippen LogP contribution in [0.1, 0.15) is 10.4 Å². The molecule has 3 nitrogen and oxygen atoms in total. The van der Waals surface area contributed by atoms with Crippen LogP contribution in [0.2, 0.25) is 0 Å². The molecule has 0 saturated carbocycles. The second-order valence-corrected chi connectivity index (χ2v) is 3.41. The summed E-state index contributed by atoms with van der Waals surface area (Å²) in [5.41, 5.74) is 0.187. The molecular formula is C9H6BrFN2O. The van der Waals surface area contributed by atoms with Crippen molar-refractivity contribution in [2.24, 2.45) is 0 Å². The van der Waals surface area contributed by atoms with Crippen LogP contribution in [0.15, 0.2) is 22.7 Å². The van der Waals surface area contributed by atoms with E-state index in [1.807, 2.05) is 0 Å². The number of halogens is 2. The van der Waals surface area contributed by atoms with Gasteiger partial charge in [0.2, 0.25) is 0 Å². The van der Waals surface area contributed by atoms with Gasteiger partial charge in [0.25, 0.3) is 5.91 Å². The van der Waals surface area contributed by atoms with Crippen molar-refractivity contribution in [1.29, 1.82) is 5.26 Å². The summed E-state index contributed by atoms with van der Waals surface area (Å²) >= 11 is 3.06. The van der Waals surface area contributed by atoms with Gasteiger partial charge in [0, 0.05) is 10.0 Å². The van der Waals surface area contributed by atoms with Gasteiger partial charge in [-0.2, -0.15) is 5.26 Å². The van der Waals surface area contributed by atoms with Crippen LogP contribution >= 0.6 is 15.9 Å². The fourth-order valence-corrected chi connectivity index (χ4v) is 1.37. The molecule has 0 saturated heterocycles. The maximum absolute atomic E-state index is 12.8. The molecule has 0 atom stereocenters. The third-order valence-electron chi connectivity index (χ3n) is 1.45. The number of amides is 1. The predicted octanol–water partition coefficient (Wildman–Crippen LogP) is 1.84. The lowest BCUT2D eigenvalue weighted by molar-refractivity contribution is 0.0958. The van der Waals surface area contributed by atoms with Crippen molar-refractivity contribution in [1.82, 2.24) is 5.32 Å². The van der Waals surface area contributed by atoms with Crippen LogP contribution in [0, 0.1) is 17.1 Å². The summed E-state index contributed by atoms with van der Waals surface area (Å²) in [4.78, 5) is 11.3. The van der Waals surface area contributed by atoms with Gasteiger partial charge < -0.3 is 5.32 Å². The highest BCUT2D eigenvalue weighted by molar-refractivity contribution is 9.10. The van der Waals surface area contributed by atoms with Gasteiger partial charge in [0.15, 0.2) is 0 Å². The lowest BCUT2D eigenvalue weighted by Crippen LogP contribution is -2.23. The molecule has 0 aromatic heterocycles. The Morgan fingerprint density at radius 1 is 1.57 bits per heavy atom. The largest absolute Gasteiger partial charge is 0.339 e. The highest BCUT2D eigenvalue weighted by Gasteiger charge is 2.06. The van der Waals surface area contributed by atoms with Crippen molar-refractivity contribution < 1.29 is 9.18 Å². The molecule has 0 heterocycles. The Bertz CT molecular complexity index is 380. The summed E-state index contributed by atoms with van der Waals surface area (Å²) in [7, 11) is 0. The second-order valence-electron chi connectivity index (χ2n) is 2.50. The van der Waals surface area contributed by atoms with E-state index in [9.17, 15) is 9.18 Å². The van der Waals surface area contributed by atoms with Gasteiger partial charge >= 0.3 is 0 Å². The number of rotatable bonds is 2. The van der Waals surface area contributed by atoms with Crippen LogP contribution in [0.25, 0.3) is 0 Å². The van der Waals surface area contributed by atoms with Crippen molar-refractivity contribution >= 4 is 21.8 Å². The first-order chi connectivity index (χ1) is 6.63. The van der Waals surface area contributed by atoms with Crippen molar-refractivity contribution in [3.63, 3.8) is 0 Å². The Balaban J connectivity index is 2.85. The Morgan fingerprint density at radius 2 is 2.29 bits per heavy atom. The first-order valence-electron chi connectivity index (χ1n) is 3.74. The molecule has 0 fully saturated rings. The molecule has 1 aromatic carbocycles. The molecule has 0 unspecified atom stereocenters. The predicted molar refractivity (Wildman–Crippen MR) is 52.0 cm³/mol. The molecule has 0 radical (unpaired) electrons. The van der Waals surface area contributed by atoms with Crippen LogP contribution < -0.4 is 5.32 Å². The number of carbonyl (C=O) groups is 1. The van der Waals surface area contributed by atoms with E-state index < -0.39 is 11.7 Å². The summed E-state index contributed by atoms with van der Waals surface area (Å²) in [6, 6.07) is 5.60. The maximum atomic E-state index is 12.8.